The molecule has 1 aliphatic rings. The maximum absolute atomic E-state index is 11.6. The second kappa shape index (κ2) is 4.78. The van der Waals surface area contributed by atoms with Gasteiger partial charge in [-0.3, -0.25) is 4.79 Å². The first kappa shape index (κ1) is 11.8. The van der Waals surface area contributed by atoms with Crippen LogP contribution in [0, 0.1) is 0 Å². The molecule has 5 nitrogen and oxygen atoms in total. The summed E-state index contributed by atoms with van der Waals surface area (Å²) in [5.74, 6) is 1.30. The number of aromatic nitrogens is 1. The van der Waals surface area contributed by atoms with Crippen LogP contribution in [-0.2, 0) is 6.54 Å². The van der Waals surface area contributed by atoms with E-state index in [4.69, 9.17) is 9.47 Å². The summed E-state index contributed by atoms with van der Waals surface area (Å²) < 4.78 is 11.9. The number of rotatable bonds is 3. The van der Waals surface area contributed by atoms with E-state index in [-0.39, 0.29) is 18.9 Å². The van der Waals surface area contributed by atoms with Crippen LogP contribution in [0.25, 0.3) is 0 Å². The second-order valence-corrected chi connectivity index (χ2v) is 4.32. The van der Waals surface area contributed by atoms with Crippen LogP contribution in [0.4, 0.5) is 0 Å². The minimum atomic E-state index is -0.769. The normalized spacial score (nSPS) is 14.4. The Labute approximate surface area is 109 Å². The maximum atomic E-state index is 11.6. The summed E-state index contributed by atoms with van der Waals surface area (Å²) in [6.07, 6.45) is 0.882. The second-order valence-electron chi connectivity index (χ2n) is 4.32. The van der Waals surface area contributed by atoms with Gasteiger partial charge in [-0.25, -0.2) is 0 Å². The molecular weight excluding hydrogens is 246 g/mol. The third-order valence-electron chi connectivity index (χ3n) is 3.05. The molecule has 1 N–H and O–H groups in total. The summed E-state index contributed by atoms with van der Waals surface area (Å²) in [4.78, 5) is 11.6. The number of fused-ring (bicyclic) bond motifs is 1. The highest BCUT2D eigenvalue weighted by Crippen LogP contribution is 2.34. The molecule has 2 aromatic rings. The minimum absolute atomic E-state index is 0.137. The monoisotopic (exact) mass is 259 g/mol. The molecule has 1 aromatic heterocycles. The largest absolute Gasteiger partial charge is 0.454 e. The van der Waals surface area contributed by atoms with Crippen molar-refractivity contribution in [3.05, 3.63) is 58.5 Å². The lowest BCUT2D eigenvalue weighted by Crippen LogP contribution is -2.21. The highest BCUT2D eigenvalue weighted by Gasteiger charge is 2.16. The SMILES string of the molecule is O=c1ccccn1CC(O)c1ccc2c(c1)OCO2. The van der Waals surface area contributed by atoms with Gasteiger partial charge in [-0.05, 0) is 23.8 Å². The molecule has 0 bridgehead atoms. The molecule has 2 heterocycles. The number of hydrogen-bond donors (Lipinski definition) is 1. The highest BCUT2D eigenvalue weighted by atomic mass is 16.7. The number of pyridine rings is 1. The van der Waals surface area contributed by atoms with Gasteiger partial charge < -0.3 is 19.1 Å². The smallest absolute Gasteiger partial charge is 0.250 e. The van der Waals surface area contributed by atoms with Gasteiger partial charge in [-0.15, -0.1) is 0 Å². The van der Waals surface area contributed by atoms with Crippen LogP contribution in [0.2, 0.25) is 0 Å². The summed E-state index contributed by atoms with van der Waals surface area (Å²) in [6.45, 7) is 0.409. The summed E-state index contributed by atoms with van der Waals surface area (Å²) in [7, 11) is 0. The number of nitrogens with zero attached hydrogens (tertiary/aromatic N) is 1. The fourth-order valence-electron chi connectivity index (χ4n) is 2.02. The average Bonchev–Trinajstić information content (AvgIpc) is 2.88. The first-order valence-corrected chi connectivity index (χ1v) is 5.97. The van der Waals surface area contributed by atoms with Crippen LogP contribution in [-0.4, -0.2) is 16.5 Å². The van der Waals surface area contributed by atoms with Gasteiger partial charge in [0.1, 0.15) is 0 Å². The topological polar surface area (TPSA) is 60.7 Å². The van der Waals surface area contributed by atoms with Gasteiger partial charge >= 0.3 is 0 Å². The third kappa shape index (κ3) is 2.32. The fourth-order valence-corrected chi connectivity index (χ4v) is 2.02. The van der Waals surface area contributed by atoms with Gasteiger partial charge in [0.2, 0.25) is 6.79 Å². The molecule has 0 radical (unpaired) electrons. The summed E-state index contributed by atoms with van der Waals surface area (Å²) in [6, 6.07) is 10.2. The lowest BCUT2D eigenvalue weighted by Gasteiger charge is -2.13. The van der Waals surface area contributed by atoms with Crippen molar-refractivity contribution in [2.75, 3.05) is 6.79 Å². The van der Waals surface area contributed by atoms with Gasteiger partial charge in [-0.2, -0.15) is 0 Å². The van der Waals surface area contributed by atoms with Crippen molar-refractivity contribution in [2.24, 2.45) is 0 Å². The Morgan fingerprint density at radius 2 is 2.05 bits per heavy atom. The standard InChI is InChI=1S/C14H13NO4/c16-11(8-15-6-2-1-3-14(15)17)10-4-5-12-13(7-10)19-9-18-12/h1-7,11,16H,8-9H2. The van der Waals surface area contributed by atoms with E-state index < -0.39 is 6.10 Å². The Morgan fingerprint density at radius 3 is 2.89 bits per heavy atom. The van der Waals surface area contributed by atoms with Gasteiger partial charge in [0, 0.05) is 12.3 Å². The van der Waals surface area contributed by atoms with Crippen LogP contribution in [0.1, 0.15) is 11.7 Å². The van der Waals surface area contributed by atoms with Crippen molar-refractivity contribution in [2.45, 2.75) is 12.6 Å². The van der Waals surface area contributed by atoms with Crippen LogP contribution in [0.3, 0.4) is 0 Å². The molecular formula is C14H13NO4. The van der Waals surface area contributed by atoms with Gasteiger partial charge in [0.25, 0.3) is 5.56 Å². The Kier molecular flexibility index (Phi) is 2.97. The molecule has 0 saturated carbocycles. The van der Waals surface area contributed by atoms with Crippen LogP contribution in [0.15, 0.2) is 47.4 Å². The number of aliphatic hydroxyl groups is 1. The van der Waals surface area contributed by atoms with Gasteiger partial charge in [-0.1, -0.05) is 12.1 Å². The van der Waals surface area contributed by atoms with E-state index in [1.165, 1.54) is 10.6 Å². The Balaban J connectivity index is 1.83. The van der Waals surface area contributed by atoms with Crippen molar-refractivity contribution < 1.29 is 14.6 Å². The predicted octanol–water partition coefficient (Wildman–Crippen LogP) is 1.31. The van der Waals surface area contributed by atoms with Crippen LogP contribution in [0.5, 0.6) is 11.5 Å². The van der Waals surface area contributed by atoms with E-state index in [9.17, 15) is 9.90 Å². The van der Waals surface area contributed by atoms with Gasteiger partial charge in [0.15, 0.2) is 11.5 Å². The molecule has 0 amide bonds. The lowest BCUT2D eigenvalue weighted by atomic mass is 10.1. The fraction of sp³-hybridized carbons (Fsp3) is 0.214. The maximum Gasteiger partial charge on any atom is 0.250 e. The number of ether oxygens (including phenoxy) is 2. The van der Waals surface area contributed by atoms with Crippen molar-refractivity contribution in [1.29, 1.82) is 0 Å². The van der Waals surface area contributed by atoms with E-state index in [2.05, 4.69) is 0 Å². The average molecular weight is 259 g/mol. The van der Waals surface area contributed by atoms with Crippen molar-refractivity contribution in [3.63, 3.8) is 0 Å². The zero-order valence-corrected chi connectivity index (χ0v) is 10.2. The van der Waals surface area contributed by atoms with E-state index >= 15 is 0 Å². The van der Waals surface area contributed by atoms with Crippen LogP contribution >= 0.6 is 0 Å². The number of hydrogen-bond acceptors (Lipinski definition) is 4. The zero-order valence-electron chi connectivity index (χ0n) is 10.2. The zero-order chi connectivity index (χ0) is 13.2. The predicted molar refractivity (Wildman–Crippen MR) is 68.2 cm³/mol. The first-order valence-electron chi connectivity index (χ1n) is 5.97. The number of aliphatic hydroxyl groups excluding tert-OH is 1. The summed E-state index contributed by atoms with van der Waals surface area (Å²) in [5.41, 5.74) is 0.558. The quantitative estimate of drug-likeness (QED) is 0.902. The molecule has 1 aliphatic heterocycles. The molecule has 0 fully saturated rings. The summed E-state index contributed by atoms with van der Waals surface area (Å²) >= 11 is 0. The molecule has 0 saturated heterocycles. The Hall–Kier alpha value is -2.27. The molecule has 1 aromatic carbocycles. The van der Waals surface area contributed by atoms with Gasteiger partial charge in [0.05, 0.1) is 12.6 Å². The Morgan fingerprint density at radius 1 is 1.21 bits per heavy atom. The molecule has 0 aliphatic carbocycles. The highest BCUT2D eigenvalue weighted by molar-refractivity contribution is 5.45. The molecule has 1 atom stereocenters. The van der Waals surface area contributed by atoms with Crippen molar-refractivity contribution in [1.82, 2.24) is 4.57 Å². The van der Waals surface area contributed by atoms with E-state index in [1.54, 1.807) is 36.5 Å². The molecule has 5 heteroatoms. The first-order chi connectivity index (χ1) is 9.24. The molecule has 1 unspecified atom stereocenters. The Bertz CT molecular complexity index is 650. The molecule has 19 heavy (non-hydrogen) atoms. The summed E-state index contributed by atoms with van der Waals surface area (Å²) in [5, 5.41) is 10.2. The van der Waals surface area contributed by atoms with Crippen molar-refractivity contribution in [3.8, 4) is 11.5 Å². The van der Waals surface area contributed by atoms with E-state index in [0.29, 0.717) is 17.1 Å². The number of benzene rings is 1. The van der Waals surface area contributed by atoms with Crippen molar-refractivity contribution >= 4 is 0 Å². The third-order valence-corrected chi connectivity index (χ3v) is 3.05. The molecule has 3 rings (SSSR count). The molecule has 0 spiro atoms. The van der Waals surface area contributed by atoms with E-state index in [1.807, 2.05) is 0 Å². The minimum Gasteiger partial charge on any atom is -0.454 e. The van der Waals surface area contributed by atoms with Crippen LogP contribution < -0.4 is 15.0 Å². The molecule has 98 valence electrons. The van der Waals surface area contributed by atoms with E-state index in [0.717, 1.165) is 0 Å². The lowest BCUT2D eigenvalue weighted by molar-refractivity contribution is 0.154.